The van der Waals surface area contributed by atoms with Gasteiger partial charge in [0.2, 0.25) is 11.9 Å². The van der Waals surface area contributed by atoms with E-state index in [1.807, 2.05) is 42.5 Å². The third kappa shape index (κ3) is 5.59. The summed E-state index contributed by atoms with van der Waals surface area (Å²) in [5, 5.41) is 5.53. The molecule has 3 amide bonds. The van der Waals surface area contributed by atoms with Gasteiger partial charge < -0.3 is 19.2 Å². The molecule has 0 bridgehead atoms. The molecule has 0 spiro atoms. The lowest BCUT2D eigenvalue weighted by molar-refractivity contribution is -0.120. The number of aryl methyl sites for hydroxylation is 2. The van der Waals surface area contributed by atoms with E-state index >= 15 is 0 Å². The van der Waals surface area contributed by atoms with Crippen LogP contribution in [0.3, 0.4) is 0 Å². The molecule has 4 aromatic rings. The van der Waals surface area contributed by atoms with Crippen molar-refractivity contribution in [3.8, 4) is 10.6 Å². The molecule has 0 aliphatic heterocycles. The maximum absolute atomic E-state index is 13.2. The van der Waals surface area contributed by atoms with Gasteiger partial charge in [-0.2, -0.15) is 0 Å². The van der Waals surface area contributed by atoms with E-state index in [9.17, 15) is 14.4 Å². The van der Waals surface area contributed by atoms with Gasteiger partial charge in [-0.15, -0.1) is 11.3 Å². The molecule has 206 valence electrons. The zero-order valence-electron chi connectivity index (χ0n) is 22.7. The number of carbonyl (C=O) groups is 3. The van der Waals surface area contributed by atoms with E-state index in [4.69, 9.17) is 4.42 Å². The van der Waals surface area contributed by atoms with Crippen LogP contribution in [0, 0.1) is 12.8 Å². The van der Waals surface area contributed by atoms with Crippen LogP contribution in [-0.2, 0) is 16.1 Å². The molecular weight excluding hydrogens is 528 g/mol. The van der Waals surface area contributed by atoms with Crippen LogP contribution in [0.5, 0.6) is 0 Å². The molecule has 1 aliphatic rings. The number of carbonyl (C=O) groups excluding carboxylic acids is 3. The molecule has 0 saturated carbocycles. The number of amides is 3. The standard InChI is InChI=1S/C29H30N6O4S/c1-17-5-7-19(8-6-17)28(38)34(4)20-9-10-22-21(15-20)32-29(35(22)14-13-26(36)30-3)33-27(37)25-12-11-24(40-25)23-16-31-18(2)39-23/h5,7-12,15-17H,6,13-14H2,1-4H3,(H,30,36)(H,32,33,37). The molecular formula is C29H30N6O4S. The average molecular weight is 559 g/mol. The lowest BCUT2D eigenvalue weighted by Gasteiger charge is -2.20. The van der Waals surface area contributed by atoms with Gasteiger partial charge >= 0.3 is 0 Å². The predicted octanol–water partition coefficient (Wildman–Crippen LogP) is 4.93. The Hall–Kier alpha value is -4.51. The van der Waals surface area contributed by atoms with Crippen LogP contribution in [-0.4, -0.2) is 46.4 Å². The van der Waals surface area contributed by atoms with Gasteiger partial charge in [-0.05, 0) is 42.7 Å². The zero-order chi connectivity index (χ0) is 28.4. The minimum absolute atomic E-state index is 0.106. The zero-order valence-corrected chi connectivity index (χ0v) is 23.5. The summed E-state index contributed by atoms with van der Waals surface area (Å²) in [5.74, 6) is 1.30. The number of fused-ring (bicyclic) bond motifs is 1. The molecule has 3 aromatic heterocycles. The van der Waals surface area contributed by atoms with Crippen LogP contribution < -0.4 is 15.5 Å². The summed E-state index contributed by atoms with van der Waals surface area (Å²) >= 11 is 1.28. The lowest BCUT2D eigenvalue weighted by atomic mass is 9.98. The lowest BCUT2D eigenvalue weighted by Crippen LogP contribution is -2.27. The second-order valence-electron chi connectivity index (χ2n) is 9.64. The van der Waals surface area contributed by atoms with Gasteiger partial charge in [0, 0.05) is 45.2 Å². The van der Waals surface area contributed by atoms with Crippen LogP contribution >= 0.6 is 11.3 Å². The summed E-state index contributed by atoms with van der Waals surface area (Å²) in [7, 11) is 3.31. The number of oxazole rings is 1. The number of anilines is 2. The van der Waals surface area contributed by atoms with Crippen molar-refractivity contribution < 1.29 is 18.8 Å². The topological polar surface area (TPSA) is 122 Å². The Morgan fingerprint density at radius 1 is 1.23 bits per heavy atom. The van der Waals surface area contributed by atoms with Crippen LogP contribution in [0.1, 0.15) is 35.3 Å². The van der Waals surface area contributed by atoms with E-state index in [0.29, 0.717) is 51.7 Å². The SMILES string of the molecule is CNC(=O)CCn1c(NC(=O)c2ccc(-c3cnc(C)o3)s2)nc2cc(N(C)C(=O)C3=CCC(C)C=C3)ccc21. The predicted molar refractivity (Wildman–Crippen MR) is 155 cm³/mol. The van der Waals surface area contributed by atoms with Crippen LogP contribution in [0.15, 0.2) is 64.7 Å². The van der Waals surface area contributed by atoms with Gasteiger partial charge in [-0.25, -0.2) is 9.97 Å². The molecule has 1 atom stereocenters. The second kappa shape index (κ2) is 11.3. The molecule has 5 rings (SSSR count). The maximum atomic E-state index is 13.2. The number of nitrogens with one attached hydrogen (secondary N) is 2. The normalized spacial score (nSPS) is 14.7. The van der Waals surface area contributed by atoms with E-state index in [-0.39, 0.29) is 24.1 Å². The Balaban J connectivity index is 1.42. The first-order chi connectivity index (χ1) is 19.2. The van der Waals surface area contributed by atoms with Gasteiger partial charge in [-0.1, -0.05) is 25.2 Å². The summed E-state index contributed by atoms with van der Waals surface area (Å²) in [6.45, 7) is 4.18. The van der Waals surface area contributed by atoms with E-state index < -0.39 is 0 Å². The fourth-order valence-corrected chi connectivity index (χ4v) is 5.26. The Labute approximate surface area is 235 Å². The van der Waals surface area contributed by atoms with Gasteiger partial charge in [0.25, 0.3) is 11.8 Å². The number of hydrogen-bond acceptors (Lipinski definition) is 7. The van der Waals surface area contributed by atoms with Crippen LogP contribution in [0.4, 0.5) is 11.6 Å². The third-order valence-electron chi connectivity index (χ3n) is 6.75. The molecule has 0 saturated heterocycles. The van der Waals surface area contributed by atoms with Crippen molar-refractivity contribution in [1.82, 2.24) is 19.9 Å². The second-order valence-corrected chi connectivity index (χ2v) is 10.7. The largest absolute Gasteiger partial charge is 0.440 e. The van der Waals surface area contributed by atoms with Gasteiger partial charge in [-0.3, -0.25) is 19.7 Å². The fraction of sp³-hybridized carbons (Fsp3) is 0.276. The molecule has 1 aromatic carbocycles. The summed E-state index contributed by atoms with van der Waals surface area (Å²) < 4.78 is 7.38. The van der Waals surface area contributed by atoms with Crippen LogP contribution in [0.25, 0.3) is 21.7 Å². The Bertz CT molecular complexity index is 1660. The maximum Gasteiger partial charge on any atom is 0.268 e. The van der Waals surface area contributed by atoms with Gasteiger partial charge in [0.1, 0.15) is 0 Å². The number of allylic oxidation sites excluding steroid dienone is 2. The van der Waals surface area contributed by atoms with E-state index in [2.05, 4.69) is 27.5 Å². The molecule has 0 radical (unpaired) electrons. The number of benzene rings is 1. The summed E-state index contributed by atoms with van der Waals surface area (Å²) in [5.41, 5.74) is 2.65. The monoisotopic (exact) mass is 558 g/mol. The highest BCUT2D eigenvalue weighted by Gasteiger charge is 2.21. The van der Waals surface area contributed by atoms with Crippen molar-refractivity contribution in [1.29, 1.82) is 0 Å². The quantitative estimate of drug-likeness (QED) is 0.316. The highest BCUT2D eigenvalue weighted by Crippen LogP contribution is 2.30. The van der Waals surface area contributed by atoms with E-state index in [1.165, 1.54) is 11.3 Å². The highest BCUT2D eigenvalue weighted by atomic mass is 32.1. The minimum Gasteiger partial charge on any atom is -0.440 e. The molecule has 3 heterocycles. The summed E-state index contributed by atoms with van der Waals surface area (Å²) in [4.78, 5) is 50.0. The first-order valence-corrected chi connectivity index (χ1v) is 13.8. The number of thiophene rings is 1. The molecule has 0 fully saturated rings. The number of likely N-dealkylation sites (N-methyl/N-ethyl adjacent to an activating group) is 1. The molecule has 10 nitrogen and oxygen atoms in total. The smallest absolute Gasteiger partial charge is 0.268 e. The Morgan fingerprint density at radius 3 is 2.75 bits per heavy atom. The van der Waals surface area contributed by atoms with Crippen LogP contribution in [0.2, 0.25) is 0 Å². The minimum atomic E-state index is -0.332. The number of rotatable bonds is 8. The van der Waals surface area contributed by atoms with Gasteiger partial charge in [0.15, 0.2) is 11.7 Å². The Kier molecular flexibility index (Phi) is 7.65. The van der Waals surface area contributed by atoms with E-state index in [0.717, 1.165) is 16.8 Å². The van der Waals surface area contributed by atoms with Crippen molar-refractivity contribution in [2.75, 3.05) is 24.3 Å². The van der Waals surface area contributed by atoms with E-state index in [1.54, 1.807) is 42.7 Å². The third-order valence-corrected chi connectivity index (χ3v) is 7.84. The summed E-state index contributed by atoms with van der Waals surface area (Å²) in [6.07, 6.45) is 8.53. The number of imidazole rings is 1. The Morgan fingerprint density at radius 2 is 2.05 bits per heavy atom. The first-order valence-electron chi connectivity index (χ1n) is 12.9. The van der Waals surface area contributed by atoms with Crippen molar-refractivity contribution in [2.24, 2.45) is 5.92 Å². The number of aromatic nitrogens is 3. The average Bonchev–Trinajstić information content (AvgIpc) is 3.69. The van der Waals surface area contributed by atoms with Gasteiger partial charge in [0.05, 0.1) is 27.0 Å². The molecule has 40 heavy (non-hydrogen) atoms. The van der Waals surface area contributed by atoms with Crippen molar-refractivity contribution in [3.63, 3.8) is 0 Å². The molecule has 2 N–H and O–H groups in total. The van der Waals surface area contributed by atoms with Crippen molar-refractivity contribution in [3.05, 3.63) is 71.1 Å². The fourth-order valence-electron chi connectivity index (χ4n) is 4.41. The van der Waals surface area contributed by atoms with Crippen molar-refractivity contribution >= 4 is 51.7 Å². The molecule has 1 unspecified atom stereocenters. The molecule has 1 aliphatic carbocycles. The highest BCUT2D eigenvalue weighted by molar-refractivity contribution is 7.17. The first kappa shape index (κ1) is 27.1. The molecule has 11 heteroatoms. The van der Waals surface area contributed by atoms with Crippen molar-refractivity contribution in [2.45, 2.75) is 33.2 Å². The number of nitrogens with zero attached hydrogens (tertiary/aromatic N) is 4. The number of hydrogen-bond donors (Lipinski definition) is 2. The summed E-state index contributed by atoms with van der Waals surface area (Å²) in [6, 6.07) is 9.03.